The third kappa shape index (κ3) is 4.14. The largest absolute Gasteiger partial charge is 0.314 e. The number of nitrogens with one attached hydrogen (secondary N) is 1. The second kappa shape index (κ2) is 5.42. The molecule has 0 saturated heterocycles. The topological polar surface area (TPSA) is 24.9 Å². The van der Waals surface area contributed by atoms with E-state index in [1.54, 1.807) is 11.3 Å². The summed E-state index contributed by atoms with van der Waals surface area (Å²) in [5, 5.41) is 6.66. The second-order valence-electron chi connectivity index (χ2n) is 4.50. The summed E-state index contributed by atoms with van der Waals surface area (Å²) in [5.74, 6) is 0. The fourth-order valence-corrected chi connectivity index (χ4v) is 2.14. The van der Waals surface area contributed by atoms with E-state index in [0.717, 1.165) is 13.0 Å². The van der Waals surface area contributed by atoms with Gasteiger partial charge in [-0.2, -0.15) is 0 Å². The van der Waals surface area contributed by atoms with E-state index in [-0.39, 0.29) is 5.41 Å². The van der Waals surface area contributed by atoms with Crippen molar-refractivity contribution in [2.75, 3.05) is 6.54 Å². The van der Waals surface area contributed by atoms with Crippen molar-refractivity contribution in [3.05, 3.63) is 29.2 Å². The molecule has 0 aliphatic heterocycles. The van der Waals surface area contributed by atoms with Crippen molar-refractivity contribution >= 4 is 11.3 Å². The first kappa shape index (κ1) is 12.4. The summed E-state index contributed by atoms with van der Waals surface area (Å²) in [4.78, 5) is 4.32. The van der Waals surface area contributed by atoms with Gasteiger partial charge in [0.25, 0.3) is 0 Å². The molecule has 84 valence electrons. The van der Waals surface area contributed by atoms with Gasteiger partial charge in [-0.25, -0.2) is 4.98 Å². The van der Waals surface area contributed by atoms with E-state index >= 15 is 0 Å². The van der Waals surface area contributed by atoms with Gasteiger partial charge in [0.05, 0.1) is 5.01 Å². The van der Waals surface area contributed by atoms with Gasteiger partial charge >= 0.3 is 0 Å². The Bertz CT molecular complexity index is 293. The number of aromatic nitrogens is 1. The maximum Gasteiger partial charge on any atom is 0.0933 e. The number of rotatable bonds is 6. The van der Waals surface area contributed by atoms with Crippen LogP contribution < -0.4 is 5.32 Å². The molecule has 1 atom stereocenters. The summed E-state index contributed by atoms with van der Waals surface area (Å²) >= 11 is 1.71. The van der Waals surface area contributed by atoms with Crippen LogP contribution in [-0.2, 0) is 6.42 Å². The monoisotopic (exact) mass is 224 g/mol. The molecule has 0 amide bonds. The maximum absolute atomic E-state index is 4.32. The highest BCUT2D eigenvalue weighted by Crippen LogP contribution is 2.24. The highest BCUT2D eigenvalue weighted by atomic mass is 32.1. The lowest BCUT2D eigenvalue weighted by molar-refractivity contribution is 0.373. The van der Waals surface area contributed by atoms with Crippen LogP contribution in [0.2, 0.25) is 0 Å². The van der Waals surface area contributed by atoms with E-state index in [1.807, 2.05) is 17.7 Å². The van der Waals surface area contributed by atoms with E-state index in [4.69, 9.17) is 0 Å². The van der Waals surface area contributed by atoms with Gasteiger partial charge in [0.1, 0.15) is 0 Å². The zero-order chi connectivity index (χ0) is 11.3. The molecule has 0 spiro atoms. The quantitative estimate of drug-likeness (QED) is 0.752. The van der Waals surface area contributed by atoms with Crippen molar-refractivity contribution in [2.24, 2.45) is 5.41 Å². The van der Waals surface area contributed by atoms with Crippen molar-refractivity contribution in [3.8, 4) is 0 Å². The fraction of sp³-hybridized carbons (Fsp3) is 0.583. The van der Waals surface area contributed by atoms with Crippen LogP contribution in [0.25, 0.3) is 0 Å². The Labute approximate surface area is 96.4 Å². The maximum atomic E-state index is 4.32. The predicted molar refractivity (Wildman–Crippen MR) is 67.3 cm³/mol. The van der Waals surface area contributed by atoms with Crippen LogP contribution >= 0.6 is 11.3 Å². The minimum atomic E-state index is 0.0993. The van der Waals surface area contributed by atoms with E-state index in [2.05, 4.69) is 37.7 Å². The van der Waals surface area contributed by atoms with E-state index in [0.29, 0.717) is 6.04 Å². The molecular formula is C12H20N2S. The molecule has 0 radical (unpaired) electrons. The highest BCUT2D eigenvalue weighted by molar-refractivity contribution is 7.09. The molecule has 1 rings (SSSR count). The van der Waals surface area contributed by atoms with Crippen molar-refractivity contribution in [1.82, 2.24) is 10.3 Å². The first-order valence-electron chi connectivity index (χ1n) is 5.31. The van der Waals surface area contributed by atoms with Crippen LogP contribution in [0, 0.1) is 5.41 Å². The van der Waals surface area contributed by atoms with E-state index < -0.39 is 0 Å². The van der Waals surface area contributed by atoms with Gasteiger partial charge in [-0.05, 0) is 0 Å². The van der Waals surface area contributed by atoms with Crippen molar-refractivity contribution in [3.63, 3.8) is 0 Å². The minimum Gasteiger partial charge on any atom is -0.314 e. The van der Waals surface area contributed by atoms with Crippen molar-refractivity contribution in [2.45, 2.75) is 33.2 Å². The average molecular weight is 224 g/mol. The van der Waals surface area contributed by atoms with Gasteiger partial charge < -0.3 is 5.32 Å². The molecule has 1 aromatic heterocycles. The number of hydrogen-bond acceptors (Lipinski definition) is 3. The lowest BCUT2D eigenvalue weighted by Crippen LogP contribution is -2.35. The first-order valence-corrected chi connectivity index (χ1v) is 6.19. The summed E-state index contributed by atoms with van der Waals surface area (Å²) in [7, 11) is 0. The normalized spacial score (nSPS) is 15.2. The lowest BCUT2D eigenvalue weighted by atomic mass is 9.87. The molecule has 3 heteroatoms. The Balaban J connectivity index is 2.56. The van der Waals surface area contributed by atoms with Gasteiger partial charge in [0.2, 0.25) is 0 Å². The molecule has 1 aromatic rings. The zero-order valence-corrected chi connectivity index (χ0v) is 10.6. The van der Waals surface area contributed by atoms with Gasteiger partial charge in [-0.15, -0.1) is 17.9 Å². The second-order valence-corrected chi connectivity index (χ2v) is 5.48. The Morgan fingerprint density at radius 2 is 2.40 bits per heavy atom. The van der Waals surface area contributed by atoms with E-state index in [9.17, 15) is 0 Å². The Morgan fingerprint density at radius 1 is 1.67 bits per heavy atom. The Kier molecular flexibility index (Phi) is 4.48. The SMILES string of the molecule is C=CC(C)(CNC(C)C)Cc1nccs1. The molecule has 15 heavy (non-hydrogen) atoms. The van der Waals surface area contributed by atoms with Crippen LogP contribution in [0.5, 0.6) is 0 Å². The van der Waals surface area contributed by atoms with Crippen LogP contribution in [0.3, 0.4) is 0 Å². The van der Waals surface area contributed by atoms with Crippen LogP contribution in [-0.4, -0.2) is 17.6 Å². The molecule has 1 N–H and O–H groups in total. The number of thiazole rings is 1. The van der Waals surface area contributed by atoms with Crippen molar-refractivity contribution in [1.29, 1.82) is 0 Å². The molecule has 0 aliphatic carbocycles. The molecule has 2 nitrogen and oxygen atoms in total. The predicted octanol–water partition coefficient (Wildman–Crippen LogP) is 2.88. The summed E-state index contributed by atoms with van der Waals surface area (Å²) in [5.41, 5.74) is 0.0993. The molecule has 1 heterocycles. The van der Waals surface area contributed by atoms with E-state index in [1.165, 1.54) is 5.01 Å². The molecular weight excluding hydrogens is 204 g/mol. The zero-order valence-electron chi connectivity index (χ0n) is 9.79. The standard InChI is InChI=1S/C12H20N2S/c1-5-12(4,9-14-10(2)3)8-11-13-6-7-15-11/h5-7,10,14H,1,8-9H2,2-4H3. The first-order chi connectivity index (χ1) is 7.06. The lowest BCUT2D eigenvalue weighted by Gasteiger charge is -2.26. The van der Waals surface area contributed by atoms with Gasteiger partial charge in [0.15, 0.2) is 0 Å². The third-order valence-electron chi connectivity index (χ3n) is 2.45. The Hall–Kier alpha value is -0.670. The fourth-order valence-electron chi connectivity index (χ4n) is 1.33. The number of nitrogens with zero attached hydrogens (tertiary/aromatic N) is 1. The molecule has 0 aliphatic rings. The van der Waals surface area contributed by atoms with Crippen LogP contribution in [0.1, 0.15) is 25.8 Å². The molecule has 0 fully saturated rings. The molecule has 0 aromatic carbocycles. The smallest absolute Gasteiger partial charge is 0.0933 e. The minimum absolute atomic E-state index is 0.0993. The van der Waals surface area contributed by atoms with Gasteiger partial charge in [-0.3, -0.25) is 0 Å². The van der Waals surface area contributed by atoms with Crippen LogP contribution in [0.15, 0.2) is 24.2 Å². The summed E-state index contributed by atoms with van der Waals surface area (Å²) < 4.78 is 0. The van der Waals surface area contributed by atoms with Gasteiger partial charge in [-0.1, -0.05) is 26.8 Å². The summed E-state index contributed by atoms with van der Waals surface area (Å²) in [6, 6.07) is 0.514. The summed E-state index contributed by atoms with van der Waals surface area (Å²) in [6.45, 7) is 11.4. The van der Waals surface area contributed by atoms with Crippen molar-refractivity contribution < 1.29 is 0 Å². The molecule has 1 unspecified atom stereocenters. The summed E-state index contributed by atoms with van der Waals surface area (Å²) in [6.07, 6.45) is 4.86. The van der Waals surface area contributed by atoms with Crippen LogP contribution in [0.4, 0.5) is 0 Å². The Morgan fingerprint density at radius 3 is 2.87 bits per heavy atom. The third-order valence-corrected chi connectivity index (χ3v) is 3.23. The average Bonchev–Trinajstić information content (AvgIpc) is 2.67. The highest BCUT2D eigenvalue weighted by Gasteiger charge is 2.22. The van der Waals surface area contributed by atoms with Gasteiger partial charge in [0, 0.05) is 36.0 Å². The molecule has 0 bridgehead atoms. The molecule has 0 saturated carbocycles. The number of hydrogen-bond donors (Lipinski definition) is 1.